The predicted octanol–water partition coefficient (Wildman–Crippen LogP) is 3.46. The van der Waals surface area contributed by atoms with E-state index in [0.29, 0.717) is 16.5 Å². The van der Waals surface area contributed by atoms with E-state index < -0.39 is 5.97 Å². The second kappa shape index (κ2) is 8.57. The van der Waals surface area contributed by atoms with Crippen molar-refractivity contribution in [2.24, 2.45) is 0 Å². The fourth-order valence-electron chi connectivity index (χ4n) is 1.95. The molecule has 0 spiro atoms. The highest BCUT2D eigenvalue weighted by atomic mass is 32.1. The summed E-state index contributed by atoms with van der Waals surface area (Å²) in [6.07, 6.45) is 2.74. The summed E-state index contributed by atoms with van der Waals surface area (Å²) in [6, 6.07) is 10.9. The maximum Gasteiger partial charge on any atom is 0.349 e. The number of aromatic nitrogens is 1. The Morgan fingerprint density at radius 3 is 2.72 bits per heavy atom. The number of amides is 1. The third-order valence-electron chi connectivity index (χ3n) is 3.00. The van der Waals surface area contributed by atoms with Crippen molar-refractivity contribution in [3.05, 3.63) is 59.6 Å². The maximum atomic E-state index is 12.0. The lowest BCUT2D eigenvalue weighted by Crippen LogP contribution is -2.22. The second-order valence-corrected chi connectivity index (χ2v) is 5.64. The molecule has 1 heterocycles. The number of benzene rings is 1. The van der Waals surface area contributed by atoms with E-state index in [-0.39, 0.29) is 18.1 Å². The van der Waals surface area contributed by atoms with Crippen molar-refractivity contribution < 1.29 is 14.3 Å². The van der Waals surface area contributed by atoms with Crippen molar-refractivity contribution in [1.29, 1.82) is 5.26 Å². The molecule has 0 N–H and O–H groups in total. The molecule has 0 radical (unpaired) electrons. The Kier molecular flexibility index (Phi) is 6.20. The molecule has 126 valence electrons. The van der Waals surface area contributed by atoms with Gasteiger partial charge in [0.05, 0.1) is 11.4 Å². The molecular formula is C18H15N3O3S. The highest BCUT2D eigenvalue weighted by molar-refractivity contribution is 7.14. The first-order valence-corrected chi connectivity index (χ1v) is 8.16. The minimum absolute atomic E-state index is 0.0201. The zero-order valence-electron chi connectivity index (χ0n) is 13.5. The number of ether oxygens (including phenoxy) is 1. The Bertz CT molecular complexity index is 850. The zero-order valence-corrected chi connectivity index (χ0v) is 14.3. The number of thiazole rings is 1. The first-order valence-electron chi connectivity index (χ1n) is 7.28. The molecule has 7 heteroatoms. The molecule has 6 nitrogen and oxygen atoms in total. The standard InChI is InChI=1S/C18H15N3O3S/c1-3-9-24-17(23)14(11-19)10-15-12-25-18(20-15)21(13(2)22)16-7-5-4-6-8-16/h3-8,10,12H,1,9H2,2H3. The van der Waals surface area contributed by atoms with Gasteiger partial charge in [-0.05, 0) is 18.2 Å². The van der Waals surface area contributed by atoms with Crippen LogP contribution >= 0.6 is 11.3 Å². The molecular weight excluding hydrogens is 338 g/mol. The molecule has 0 aliphatic rings. The predicted molar refractivity (Wildman–Crippen MR) is 96.1 cm³/mol. The van der Waals surface area contributed by atoms with Gasteiger partial charge in [-0.15, -0.1) is 11.3 Å². The van der Waals surface area contributed by atoms with Gasteiger partial charge in [0.2, 0.25) is 5.91 Å². The van der Waals surface area contributed by atoms with Crippen molar-refractivity contribution in [3.8, 4) is 6.07 Å². The van der Waals surface area contributed by atoms with Gasteiger partial charge < -0.3 is 4.74 Å². The number of esters is 1. The van der Waals surface area contributed by atoms with E-state index in [2.05, 4.69) is 11.6 Å². The van der Waals surface area contributed by atoms with Crippen LogP contribution in [0.15, 0.2) is 53.9 Å². The first kappa shape index (κ1) is 18.1. The largest absolute Gasteiger partial charge is 0.457 e. The average molecular weight is 353 g/mol. The van der Waals surface area contributed by atoms with Crippen molar-refractivity contribution in [1.82, 2.24) is 4.98 Å². The number of hydrogen-bond acceptors (Lipinski definition) is 6. The number of rotatable bonds is 6. The monoisotopic (exact) mass is 353 g/mol. The average Bonchev–Trinajstić information content (AvgIpc) is 3.06. The van der Waals surface area contributed by atoms with Crippen LogP contribution in [0.25, 0.3) is 6.08 Å². The SMILES string of the molecule is C=CCOC(=O)C(C#N)=Cc1csc(N(C(C)=O)c2ccccc2)n1. The molecule has 0 aliphatic heterocycles. The van der Waals surface area contributed by atoms with E-state index in [1.165, 1.54) is 35.3 Å². The van der Waals surface area contributed by atoms with Crippen molar-refractivity contribution >= 4 is 40.1 Å². The van der Waals surface area contributed by atoms with E-state index in [9.17, 15) is 9.59 Å². The molecule has 2 aromatic rings. The molecule has 0 bridgehead atoms. The number of para-hydroxylation sites is 1. The number of nitrogens with zero attached hydrogens (tertiary/aromatic N) is 3. The normalized spacial score (nSPS) is 10.6. The topological polar surface area (TPSA) is 83.3 Å². The van der Waals surface area contributed by atoms with Gasteiger partial charge in [0.25, 0.3) is 0 Å². The summed E-state index contributed by atoms with van der Waals surface area (Å²) < 4.78 is 4.84. The fraction of sp³-hybridized carbons (Fsp3) is 0.111. The van der Waals surface area contributed by atoms with Crippen LogP contribution in [0.2, 0.25) is 0 Å². The summed E-state index contributed by atoms with van der Waals surface area (Å²) in [5, 5.41) is 11.2. The first-order chi connectivity index (χ1) is 12.1. The summed E-state index contributed by atoms with van der Waals surface area (Å²) in [6.45, 7) is 4.90. The quantitative estimate of drug-likeness (QED) is 0.344. The van der Waals surface area contributed by atoms with Crippen molar-refractivity contribution in [2.45, 2.75) is 6.92 Å². The summed E-state index contributed by atoms with van der Waals surface area (Å²) in [7, 11) is 0. The van der Waals surface area contributed by atoms with E-state index in [1.54, 1.807) is 23.6 Å². The molecule has 2 rings (SSSR count). The van der Waals surface area contributed by atoms with Gasteiger partial charge >= 0.3 is 5.97 Å². The number of carbonyl (C=O) groups is 2. The zero-order chi connectivity index (χ0) is 18.2. The number of carbonyl (C=O) groups excluding carboxylic acids is 2. The summed E-state index contributed by atoms with van der Waals surface area (Å²) >= 11 is 1.23. The van der Waals surface area contributed by atoms with E-state index in [1.807, 2.05) is 18.2 Å². The van der Waals surface area contributed by atoms with Crippen LogP contribution in [0.4, 0.5) is 10.8 Å². The van der Waals surface area contributed by atoms with Crippen LogP contribution in [-0.2, 0) is 14.3 Å². The molecule has 0 unspecified atom stereocenters. The van der Waals surface area contributed by atoms with Gasteiger partial charge in [0.1, 0.15) is 18.2 Å². The smallest absolute Gasteiger partial charge is 0.349 e. The van der Waals surface area contributed by atoms with Crippen LogP contribution < -0.4 is 4.90 Å². The Balaban J connectivity index is 2.30. The van der Waals surface area contributed by atoms with Crippen LogP contribution in [-0.4, -0.2) is 23.5 Å². The molecule has 25 heavy (non-hydrogen) atoms. The van der Waals surface area contributed by atoms with E-state index in [0.717, 1.165) is 0 Å². The van der Waals surface area contributed by atoms with Crippen LogP contribution in [0, 0.1) is 11.3 Å². The van der Waals surface area contributed by atoms with Gasteiger partial charge in [0, 0.05) is 12.3 Å². The van der Waals surface area contributed by atoms with Gasteiger partial charge in [-0.2, -0.15) is 5.26 Å². The van der Waals surface area contributed by atoms with Crippen molar-refractivity contribution in [2.75, 3.05) is 11.5 Å². The molecule has 0 saturated carbocycles. The molecule has 0 fully saturated rings. The lowest BCUT2D eigenvalue weighted by Gasteiger charge is -2.17. The Hall–Kier alpha value is -3.24. The fourth-order valence-corrected chi connectivity index (χ4v) is 2.79. The number of nitriles is 1. The number of anilines is 2. The van der Waals surface area contributed by atoms with E-state index >= 15 is 0 Å². The molecule has 1 amide bonds. The third-order valence-corrected chi connectivity index (χ3v) is 3.84. The molecule has 1 aromatic heterocycles. The van der Waals surface area contributed by atoms with Crippen molar-refractivity contribution in [3.63, 3.8) is 0 Å². The Morgan fingerprint density at radius 1 is 1.40 bits per heavy atom. The minimum atomic E-state index is -0.747. The molecule has 1 aromatic carbocycles. The highest BCUT2D eigenvalue weighted by Crippen LogP contribution is 2.29. The van der Waals surface area contributed by atoms with Crippen LogP contribution in [0.1, 0.15) is 12.6 Å². The van der Waals surface area contributed by atoms with Gasteiger partial charge in [-0.3, -0.25) is 9.69 Å². The highest BCUT2D eigenvalue weighted by Gasteiger charge is 2.18. The van der Waals surface area contributed by atoms with Crippen LogP contribution in [0.3, 0.4) is 0 Å². The van der Waals surface area contributed by atoms with Gasteiger partial charge in [-0.1, -0.05) is 30.9 Å². The second-order valence-electron chi connectivity index (χ2n) is 4.80. The van der Waals surface area contributed by atoms with E-state index in [4.69, 9.17) is 10.00 Å². The lowest BCUT2D eigenvalue weighted by atomic mass is 10.2. The summed E-state index contributed by atoms with van der Waals surface area (Å²) in [5.41, 5.74) is 0.910. The van der Waals surface area contributed by atoms with Gasteiger partial charge in [-0.25, -0.2) is 9.78 Å². The minimum Gasteiger partial charge on any atom is -0.457 e. The van der Waals surface area contributed by atoms with Crippen LogP contribution in [0.5, 0.6) is 0 Å². The Morgan fingerprint density at radius 2 is 2.12 bits per heavy atom. The third kappa shape index (κ3) is 4.62. The lowest BCUT2D eigenvalue weighted by molar-refractivity contribution is -0.137. The molecule has 0 atom stereocenters. The molecule has 0 aliphatic carbocycles. The molecule has 0 saturated heterocycles. The van der Waals surface area contributed by atoms with Gasteiger partial charge in [0.15, 0.2) is 5.13 Å². The number of hydrogen-bond donors (Lipinski definition) is 0. The summed E-state index contributed by atoms with van der Waals surface area (Å²) in [4.78, 5) is 29.5. The Labute approximate surface area is 149 Å². The summed E-state index contributed by atoms with van der Waals surface area (Å²) in [5.74, 6) is -0.939. The maximum absolute atomic E-state index is 12.0.